The first-order valence-corrected chi connectivity index (χ1v) is 18.1. The maximum absolute atomic E-state index is 10.2. The molecule has 1 aliphatic carbocycles. The quantitative estimate of drug-likeness (QED) is 0.189. The first-order valence-electron chi connectivity index (χ1n) is 18.1. The van der Waals surface area contributed by atoms with E-state index < -0.39 is 5.41 Å². The molecular weight excluding hydrogens is 645 g/mol. The van der Waals surface area contributed by atoms with Crippen LogP contribution in [0.15, 0.2) is 186 Å². The number of hydrogen-bond acceptors (Lipinski definition) is 3. The van der Waals surface area contributed by atoms with Crippen molar-refractivity contribution >= 4 is 51.9 Å². The normalized spacial score (nSPS) is 13.5. The molecular formula is C49H31BNO2. The van der Waals surface area contributed by atoms with Gasteiger partial charge in [0.2, 0.25) is 0 Å². The Bertz CT molecular complexity index is 2760. The lowest BCUT2D eigenvalue weighted by Crippen LogP contribution is -2.36. The number of para-hydroxylation sites is 2. The number of nitrogens with zero attached hydrogens (tertiary/aromatic N) is 1. The summed E-state index contributed by atoms with van der Waals surface area (Å²) in [4.78, 5) is 2.40. The van der Waals surface area contributed by atoms with E-state index in [1.165, 1.54) is 55.6 Å². The summed E-state index contributed by atoms with van der Waals surface area (Å²) in [5.74, 6) is 0. The average Bonchev–Trinajstić information content (AvgIpc) is 3.76. The Kier molecular flexibility index (Phi) is 6.49. The number of rotatable bonds is 4. The van der Waals surface area contributed by atoms with Gasteiger partial charge in [-0.3, -0.25) is 0 Å². The molecule has 1 N–H and O–H groups in total. The lowest BCUT2D eigenvalue weighted by Gasteiger charge is -2.45. The summed E-state index contributed by atoms with van der Waals surface area (Å²) in [7, 11) is 1.13. The summed E-state index contributed by atoms with van der Waals surface area (Å²) in [6.07, 6.45) is 0. The van der Waals surface area contributed by atoms with Crippen molar-refractivity contribution in [1.82, 2.24) is 0 Å². The van der Waals surface area contributed by atoms with Crippen molar-refractivity contribution < 1.29 is 9.44 Å². The molecule has 11 rings (SSSR count). The van der Waals surface area contributed by atoms with Crippen molar-refractivity contribution in [3.63, 3.8) is 0 Å². The molecule has 1 aliphatic heterocycles. The molecule has 4 heteroatoms. The molecule has 9 aromatic rings. The van der Waals surface area contributed by atoms with Gasteiger partial charge in [0.05, 0.1) is 22.5 Å². The highest BCUT2D eigenvalue weighted by atomic mass is 16.3. The molecule has 0 saturated heterocycles. The van der Waals surface area contributed by atoms with E-state index >= 15 is 0 Å². The molecule has 0 unspecified atom stereocenters. The third-order valence-corrected chi connectivity index (χ3v) is 11.4. The molecule has 2 heterocycles. The number of furan rings is 1. The van der Waals surface area contributed by atoms with Crippen LogP contribution in [0.4, 0.5) is 17.1 Å². The zero-order chi connectivity index (χ0) is 35.1. The molecule has 0 amide bonds. The summed E-state index contributed by atoms with van der Waals surface area (Å²) < 4.78 is 6.77. The van der Waals surface area contributed by atoms with Crippen LogP contribution < -0.4 is 10.4 Å². The number of fused-ring (bicyclic) bond motifs is 12. The molecule has 53 heavy (non-hydrogen) atoms. The van der Waals surface area contributed by atoms with Crippen LogP contribution >= 0.6 is 0 Å². The maximum atomic E-state index is 10.2. The van der Waals surface area contributed by atoms with Crippen LogP contribution in [0.3, 0.4) is 0 Å². The zero-order valence-corrected chi connectivity index (χ0v) is 28.7. The van der Waals surface area contributed by atoms with Crippen molar-refractivity contribution in [2.45, 2.75) is 5.41 Å². The highest BCUT2D eigenvalue weighted by Crippen LogP contribution is 2.64. The molecule has 0 bridgehead atoms. The van der Waals surface area contributed by atoms with Gasteiger partial charge in [0, 0.05) is 10.8 Å². The second kappa shape index (κ2) is 11.4. The van der Waals surface area contributed by atoms with Gasteiger partial charge in [-0.05, 0) is 91.4 Å². The molecule has 2 aliphatic rings. The first kappa shape index (κ1) is 30.1. The van der Waals surface area contributed by atoms with Gasteiger partial charge >= 0.3 is 7.48 Å². The van der Waals surface area contributed by atoms with Gasteiger partial charge in [-0.1, -0.05) is 152 Å². The predicted molar refractivity (Wildman–Crippen MR) is 218 cm³/mol. The smallest absolute Gasteiger partial charge is 0.330 e. The molecule has 3 nitrogen and oxygen atoms in total. The minimum absolute atomic E-state index is 0.606. The van der Waals surface area contributed by atoms with Crippen LogP contribution in [0.5, 0.6) is 0 Å². The van der Waals surface area contributed by atoms with Crippen LogP contribution in [0.1, 0.15) is 22.3 Å². The summed E-state index contributed by atoms with van der Waals surface area (Å²) in [6, 6.07) is 65.5. The summed E-state index contributed by atoms with van der Waals surface area (Å²) in [6.45, 7) is 0. The van der Waals surface area contributed by atoms with E-state index in [1.54, 1.807) is 0 Å². The van der Waals surface area contributed by atoms with Gasteiger partial charge in [-0.15, -0.1) is 0 Å². The Morgan fingerprint density at radius 1 is 0.415 bits per heavy atom. The van der Waals surface area contributed by atoms with E-state index in [0.29, 0.717) is 11.0 Å². The SMILES string of the molecule is O[B]c1cccc2c1oc1c(N3c4ccc(-c5ccccc5)cc4C4(c5ccccc5-c5ccccc54)c4cc(-c5ccccc5)ccc43)cccc12. The Balaban J connectivity index is 1.30. The van der Waals surface area contributed by atoms with Crippen molar-refractivity contribution in [2.75, 3.05) is 4.90 Å². The van der Waals surface area contributed by atoms with E-state index in [0.717, 1.165) is 40.9 Å². The fourth-order valence-electron chi connectivity index (χ4n) is 9.14. The lowest BCUT2D eigenvalue weighted by molar-refractivity contribution is 0.613. The van der Waals surface area contributed by atoms with Gasteiger partial charge in [0.25, 0.3) is 0 Å². The van der Waals surface area contributed by atoms with Crippen LogP contribution in [-0.4, -0.2) is 12.5 Å². The Morgan fingerprint density at radius 2 is 0.925 bits per heavy atom. The maximum Gasteiger partial charge on any atom is 0.330 e. The van der Waals surface area contributed by atoms with Gasteiger partial charge in [0.1, 0.15) is 5.58 Å². The van der Waals surface area contributed by atoms with Crippen LogP contribution in [0, 0.1) is 0 Å². The first-order chi connectivity index (χ1) is 26.3. The summed E-state index contributed by atoms with van der Waals surface area (Å²) >= 11 is 0. The summed E-state index contributed by atoms with van der Waals surface area (Å²) in [5, 5.41) is 12.1. The Morgan fingerprint density at radius 3 is 1.49 bits per heavy atom. The van der Waals surface area contributed by atoms with Crippen molar-refractivity contribution in [3.05, 3.63) is 204 Å². The van der Waals surface area contributed by atoms with Gasteiger partial charge < -0.3 is 14.3 Å². The standard InChI is InChI=1S/C49H31BNO2/c52-50-43-23-11-19-37-38-20-12-24-46(48(38)53-47(37)43)51-44-27-25-33(31-13-3-1-4-14-31)29-41(44)49(39-21-9-7-17-35(39)36-18-8-10-22-40(36)49)42-30-34(26-28-45(42)51)32-15-5-2-6-16-32/h1-30,52H. The molecule has 8 aromatic carbocycles. The van der Waals surface area contributed by atoms with Crippen molar-refractivity contribution in [2.24, 2.45) is 0 Å². The third kappa shape index (κ3) is 4.16. The van der Waals surface area contributed by atoms with Gasteiger partial charge in [-0.25, -0.2) is 0 Å². The van der Waals surface area contributed by atoms with E-state index in [4.69, 9.17) is 4.42 Å². The molecule has 1 radical (unpaired) electrons. The molecule has 0 saturated carbocycles. The van der Waals surface area contributed by atoms with Crippen molar-refractivity contribution in [1.29, 1.82) is 0 Å². The summed E-state index contributed by atoms with van der Waals surface area (Å²) in [5.41, 5.74) is 16.8. The lowest BCUT2D eigenvalue weighted by atomic mass is 9.64. The van der Waals surface area contributed by atoms with E-state index in [9.17, 15) is 5.02 Å². The minimum atomic E-state index is -0.606. The topological polar surface area (TPSA) is 36.6 Å². The minimum Gasteiger partial charge on any atom is -0.454 e. The third-order valence-electron chi connectivity index (χ3n) is 11.4. The van der Waals surface area contributed by atoms with E-state index in [1.807, 2.05) is 12.1 Å². The Hall–Kier alpha value is -6.62. The molecule has 1 aromatic heterocycles. The highest BCUT2D eigenvalue weighted by molar-refractivity contribution is 6.50. The zero-order valence-electron chi connectivity index (χ0n) is 28.7. The van der Waals surface area contributed by atoms with E-state index in [-0.39, 0.29) is 0 Å². The number of benzene rings is 8. The van der Waals surface area contributed by atoms with Gasteiger partial charge in [-0.2, -0.15) is 0 Å². The molecule has 1 spiro atoms. The molecule has 0 atom stereocenters. The van der Waals surface area contributed by atoms with E-state index in [2.05, 4.69) is 175 Å². The highest BCUT2D eigenvalue weighted by Gasteiger charge is 2.52. The number of hydrogen-bond donors (Lipinski definition) is 1. The monoisotopic (exact) mass is 676 g/mol. The Labute approximate surface area is 308 Å². The average molecular weight is 677 g/mol. The molecule has 0 fully saturated rings. The fourth-order valence-corrected chi connectivity index (χ4v) is 9.14. The van der Waals surface area contributed by atoms with Crippen LogP contribution in [-0.2, 0) is 5.41 Å². The van der Waals surface area contributed by atoms with Crippen LogP contribution in [0.25, 0.3) is 55.3 Å². The van der Waals surface area contributed by atoms with Crippen LogP contribution in [0.2, 0.25) is 0 Å². The fraction of sp³-hybridized carbons (Fsp3) is 0.0204. The second-order valence-corrected chi connectivity index (χ2v) is 14.0. The second-order valence-electron chi connectivity index (χ2n) is 14.0. The number of anilines is 3. The largest absolute Gasteiger partial charge is 0.454 e. The molecule has 247 valence electrons. The van der Waals surface area contributed by atoms with Crippen molar-refractivity contribution in [3.8, 4) is 33.4 Å². The van der Waals surface area contributed by atoms with Gasteiger partial charge in [0.15, 0.2) is 5.58 Å². The predicted octanol–water partition coefficient (Wildman–Crippen LogP) is 11.3.